The highest BCUT2D eigenvalue weighted by Crippen LogP contribution is 2.32. The van der Waals surface area contributed by atoms with Crippen LogP contribution in [0.25, 0.3) is 0 Å². The third-order valence-electron chi connectivity index (χ3n) is 4.92. The molecule has 0 fully saturated rings. The molecular formula is C25H26BrN3O4S. The number of nitrogens with one attached hydrogen (secondary N) is 1. The molecule has 1 N–H and O–H groups in total. The van der Waals surface area contributed by atoms with Gasteiger partial charge in [-0.05, 0) is 62.7 Å². The van der Waals surface area contributed by atoms with Gasteiger partial charge in [0.1, 0.15) is 12.3 Å². The number of ether oxygens (including phenoxy) is 1. The van der Waals surface area contributed by atoms with Gasteiger partial charge in [-0.15, -0.1) is 0 Å². The Labute approximate surface area is 208 Å². The van der Waals surface area contributed by atoms with Gasteiger partial charge >= 0.3 is 0 Å². The first kappa shape index (κ1) is 25.5. The number of hydrogen-bond acceptors (Lipinski definition) is 5. The second-order valence-electron chi connectivity index (χ2n) is 7.47. The molecule has 0 aliphatic carbocycles. The summed E-state index contributed by atoms with van der Waals surface area (Å²) in [5.41, 5.74) is 5.07. The standard InChI is InChI=1S/C25H26BrN3O4S/c1-4-33-24-11-6-5-10-23(24)29(34(31,32)22-14-12-18(2)13-15-22)17-25(30)28-27-19(3)20-8-7-9-21(26)16-20/h5-16H,4,17H2,1-3H3,(H,28,30)/b27-19-. The number of aryl methyl sites for hydroxylation is 1. The van der Waals surface area contributed by atoms with Gasteiger partial charge in [-0.25, -0.2) is 13.8 Å². The average molecular weight is 544 g/mol. The normalized spacial score (nSPS) is 11.7. The third kappa shape index (κ3) is 6.24. The molecule has 0 atom stereocenters. The molecule has 1 amide bonds. The van der Waals surface area contributed by atoms with Crippen LogP contribution < -0.4 is 14.5 Å². The highest BCUT2D eigenvalue weighted by molar-refractivity contribution is 9.10. The van der Waals surface area contributed by atoms with Crippen molar-refractivity contribution in [3.05, 3.63) is 88.4 Å². The molecule has 3 aromatic rings. The zero-order valence-electron chi connectivity index (χ0n) is 19.2. The maximum Gasteiger partial charge on any atom is 0.264 e. The van der Waals surface area contributed by atoms with E-state index < -0.39 is 22.5 Å². The summed E-state index contributed by atoms with van der Waals surface area (Å²) in [5.74, 6) is -0.223. The molecule has 7 nitrogen and oxygen atoms in total. The lowest BCUT2D eigenvalue weighted by Crippen LogP contribution is -2.40. The molecule has 0 spiro atoms. The van der Waals surface area contributed by atoms with E-state index in [2.05, 4.69) is 26.5 Å². The van der Waals surface area contributed by atoms with Crippen molar-refractivity contribution in [3.8, 4) is 5.75 Å². The van der Waals surface area contributed by atoms with Gasteiger partial charge in [0.05, 0.1) is 22.9 Å². The van der Waals surface area contributed by atoms with Crippen LogP contribution in [0, 0.1) is 6.92 Å². The van der Waals surface area contributed by atoms with E-state index in [9.17, 15) is 13.2 Å². The Bertz CT molecular complexity index is 1290. The molecule has 0 heterocycles. The summed E-state index contributed by atoms with van der Waals surface area (Å²) < 4.78 is 34.7. The molecule has 0 bridgehead atoms. The number of halogens is 1. The first-order chi connectivity index (χ1) is 16.2. The number of hydrogen-bond donors (Lipinski definition) is 1. The van der Waals surface area contributed by atoms with Crippen molar-refractivity contribution >= 4 is 43.3 Å². The summed E-state index contributed by atoms with van der Waals surface area (Å²) in [6, 6.07) is 20.7. The van der Waals surface area contributed by atoms with Crippen molar-refractivity contribution in [2.75, 3.05) is 17.5 Å². The molecule has 0 aliphatic heterocycles. The van der Waals surface area contributed by atoms with Gasteiger partial charge in [0.15, 0.2) is 0 Å². The van der Waals surface area contributed by atoms with Crippen LogP contribution in [0.2, 0.25) is 0 Å². The highest BCUT2D eigenvalue weighted by Gasteiger charge is 2.29. The van der Waals surface area contributed by atoms with Crippen molar-refractivity contribution in [2.24, 2.45) is 5.10 Å². The lowest BCUT2D eigenvalue weighted by Gasteiger charge is -2.25. The van der Waals surface area contributed by atoms with E-state index in [1.54, 1.807) is 43.3 Å². The quantitative estimate of drug-likeness (QED) is 0.307. The maximum absolute atomic E-state index is 13.6. The molecule has 0 aliphatic rings. The number of sulfonamides is 1. The van der Waals surface area contributed by atoms with Crippen LogP contribution >= 0.6 is 15.9 Å². The number of carbonyl (C=O) groups excluding carboxylic acids is 1. The molecular weight excluding hydrogens is 518 g/mol. The fraction of sp³-hybridized carbons (Fsp3) is 0.200. The van der Waals surface area contributed by atoms with E-state index in [4.69, 9.17) is 4.74 Å². The van der Waals surface area contributed by atoms with Gasteiger partial charge in [-0.1, -0.05) is 57.9 Å². The number of carbonyl (C=O) groups is 1. The number of nitrogens with zero attached hydrogens (tertiary/aromatic N) is 2. The molecule has 34 heavy (non-hydrogen) atoms. The van der Waals surface area contributed by atoms with Crippen molar-refractivity contribution in [3.63, 3.8) is 0 Å². The van der Waals surface area contributed by atoms with Gasteiger partial charge in [-0.2, -0.15) is 5.10 Å². The van der Waals surface area contributed by atoms with E-state index in [-0.39, 0.29) is 10.6 Å². The summed E-state index contributed by atoms with van der Waals surface area (Å²) in [5, 5.41) is 4.15. The predicted octanol–water partition coefficient (Wildman–Crippen LogP) is 4.89. The van der Waals surface area contributed by atoms with Crippen LogP contribution in [0.1, 0.15) is 25.0 Å². The Kier molecular flexibility index (Phi) is 8.46. The maximum atomic E-state index is 13.6. The molecule has 0 saturated heterocycles. The lowest BCUT2D eigenvalue weighted by atomic mass is 10.1. The highest BCUT2D eigenvalue weighted by atomic mass is 79.9. The van der Waals surface area contributed by atoms with E-state index in [1.165, 1.54) is 12.1 Å². The van der Waals surface area contributed by atoms with Crippen LogP contribution in [0.3, 0.4) is 0 Å². The number of benzene rings is 3. The van der Waals surface area contributed by atoms with Gasteiger partial charge < -0.3 is 4.74 Å². The van der Waals surface area contributed by atoms with Crippen molar-refractivity contribution < 1.29 is 17.9 Å². The minimum absolute atomic E-state index is 0.0750. The van der Waals surface area contributed by atoms with E-state index in [1.807, 2.05) is 38.1 Å². The number of rotatable bonds is 9. The van der Waals surface area contributed by atoms with Crippen molar-refractivity contribution in [2.45, 2.75) is 25.7 Å². The first-order valence-corrected chi connectivity index (χ1v) is 12.9. The molecule has 178 valence electrons. The van der Waals surface area contributed by atoms with Gasteiger partial charge in [0, 0.05) is 4.47 Å². The smallest absolute Gasteiger partial charge is 0.264 e. The largest absolute Gasteiger partial charge is 0.492 e. The second kappa shape index (κ2) is 11.3. The third-order valence-corrected chi connectivity index (χ3v) is 7.19. The molecule has 9 heteroatoms. The van der Waals surface area contributed by atoms with E-state index >= 15 is 0 Å². The topological polar surface area (TPSA) is 88.1 Å². The van der Waals surface area contributed by atoms with Crippen LogP contribution in [0.15, 0.2) is 87.3 Å². The number of amides is 1. The zero-order valence-corrected chi connectivity index (χ0v) is 21.6. The molecule has 3 aromatic carbocycles. The van der Waals surface area contributed by atoms with Gasteiger partial charge in [0.2, 0.25) is 0 Å². The summed E-state index contributed by atoms with van der Waals surface area (Å²) in [6.45, 7) is 5.31. The summed E-state index contributed by atoms with van der Waals surface area (Å²) in [4.78, 5) is 12.9. The van der Waals surface area contributed by atoms with Crippen LogP contribution in [-0.4, -0.2) is 33.2 Å². The molecule has 0 unspecified atom stereocenters. The zero-order chi connectivity index (χ0) is 24.7. The second-order valence-corrected chi connectivity index (χ2v) is 10.2. The fourth-order valence-corrected chi connectivity index (χ4v) is 5.00. The number of anilines is 1. The summed E-state index contributed by atoms with van der Waals surface area (Å²) >= 11 is 3.41. The van der Waals surface area contributed by atoms with Crippen LogP contribution in [0.5, 0.6) is 5.75 Å². The molecule has 0 saturated carbocycles. The van der Waals surface area contributed by atoms with Crippen LogP contribution in [0.4, 0.5) is 5.69 Å². The van der Waals surface area contributed by atoms with E-state index in [0.29, 0.717) is 18.1 Å². The minimum Gasteiger partial charge on any atom is -0.492 e. The fourth-order valence-electron chi connectivity index (χ4n) is 3.17. The Morgan fingerprint density at radius 2 is 1.76 bits per heavy atom. The van der Waals surface area contributed by atoms with Gasteiger partial charge in [-0.3, -0.25) is 9.10 Å². The molecule has 0 aromatic heterocycles. The van der Waals surface area contributed by atoms with Gasteiger partial charge in [0.25, 0.3) is 15.9 Å². The Morgan fingerprint density at radius 3 is 2.44 bits per heavy atom. The first-order valence-electron chi connectivity index (χ1n) is 10.6. The summed E-state index contributed by atoms with van der Waals surface area (Å²) in [7, 11) is -4.07. The Balaban J connectivity index is 1.93. The Hall–Kier alpha value is -3.17. The summed E-state index contributed by atoms with van der Waals surface area (Å²) in [6.07, 6.45) is 0. The van der Waals surface area contributed by atoms with Crippen molar-refractivity contribution in [1.29, 1.82) is 0 Å². The number of hydrazone groups is 1. The molecule has 3 rings (SSSR count). The lowest BCUT2D eigenvalue weighted by molar-refractivity contribution is -0.119. The average Bonchev–Trinajstić information content (AvgIpc) is 2.82. The monoisotopic (exact) mass is 543 g/mol. The predicted molar refractivity (Wildman–Crippen MR) is 138 cm³/mol. The minimum atomic E-state index is -4.07. The number of para-hydroxylation sites is 2. The SMILES string of the molecule is CCOc1ccccc1N(CC(=O)N/N=C(/C)c1cccc(Br)c1)S(=O)(=O)c1ccc(C)cc1. The Morgan fingerprint density at radius 1 is 1.06 bits per heavy atom. The van der Waals surface area contributed by atoms with E-state index in [0.717, 1.165) is 19.9 Å². The molecule has 0 radical (unpaired) electrons. The van der Waals surface area contributed by atoms with Crippen molar-refractivity contribution in [1.82, 2.24) is 5.43 Å². The van der Waals surface area contributed by atoms with Crippen LogP contribution in [-0.2, 0) is 14.8 Å².